The number of likely N-dealkylation sites (N-methyl/N-ethyl adjacent to an activating group) is 1. The first-order chi connectivity index (χ1) is 12.5. The van der Waals surface area contributed by atoms with Crippen LogP contribution in [0.5, 0.6) is 0 Å². The molecule has 3 heterocycles. The van der Waals surface area contributed by atoms with E-state index in [9.17, 15) is 4.79 Å². The molecule has 1 saturated heterocycles. The third kappa shape index (κ3) is 4.49. The largest absolute Gasteiger partial charge is 0.344 e. The minimum absolute atomic E-state index is 0.0336. The molecular weight excluding hydrogens is 332 g/mol. The number of carbonyl (C=O) groups is 1. The zero-order chi connectivity index (χ0) is 18.5. The first-order valence-corrected chi connectivity index (χ1v) is 9.33. The lowest BCUT2D eigenvalue weighted by Gasteiger charge is -2.24. The molecule has 1 aliphatic heterocycles. The predicted octanol–water partition coefficient (Wildman–Crippen LogP) is 1.56. The Kier molecular flexibility index (Phi) is 6.03. The van der Waals surface area contributed by atoms with Crippen molar-refractivity contribution in [3.63, 3.8) is 0 Å². The Hall–Kier alpha value is -2.22. The molecule has 142 valence electrons. The second kappa shape index (κ2) is 8.44. The highest BCUT2D eigenvalue weighted by Crippen LogP contribution is 2.22. The molecule has 2 aromatic rings. The zero-order valence-electron chi connectivity index (χ0n) is 15.8. The summed E-state index contributed by atoms with van der Waals surface area (Å²) >= 11 is 0. The number of carbonyl (C=O) groups excluding carboxylic acids is 1. The van der Waals surface area contributed by atoms with Crippen LogP contribution in [-0.4, -0.2) is 57.4 Å². The number of hydrogen-bond donors (Lipinski definition) is 1. The van der Waals surface area contributed by atoms with Gasteiger partial charge in [-0.05, 0) is 25.5 Å². The number of aromatic nitrogens is 4. The second-order valence-electron chi connectivity index (χ2n) is 7.23. The Balaban J connectivity index is 1.53. The zero-order valence-corrected chi connectivity index (χ0v) is 15.8. The van der Waals surface area contributed by atoms with Crippen LogP contribution < -0.4 is 5.32 Å². The van der Waals surface area contributed by atoms with Crippen molar-refractivity contribution >= 4 is 5.91 Å². The molecule has 0 spiro atoms. The smallest absolute Gasteiger partial charge is 0.244 e. The van der Waals surface area contributed by atoms with Gasteiger partial charge in [-0.3, -0.25) is 9.48 Å². The van der Waals surface area contributed by atoms with Crippen LogP contribution in [0.3, 0.4) is 0 Å². The van der Waals surface area contributed by atoms with Crippen molar-refractivity contribution in [1.29, 1.82) is 0 Å². The summed E-state index contributed by atoms with van der Waals surface area (Å²) < 4.78 is 7.04. The van der Waals surface area contributed by atoms with Gasteiger partial charge in [-0.25, -0.2) is 0 Å². The quantitative estimate of drug-likeness (QED) is 0.806. The molecule has 8 heteroatoms. The van der Waals surface area contributed by atoms with Gasteiger partial charge in [0.2, 0.25) is 11.8 Å². The molecule has 26 heavy (non-hydrogen) atoms. The summed E-state index contributed by atoms with van der Waals surface area (Å²) in [6.45, 7) is 6.86. The van der Waals surface area contributed by atoms with E-state index in [0.29, 0.717) is 30.6 Å². The Morgan fingerprint density at radius 3 is 3.04 bits per heavy atom. The van der Waals surface area contributed by atoms with E-state index in [1.54, 1.807) is 18.1 Å². The molecule has 1 N–H and O–H groups in total. The van der Waals surface area contributed by atoms with Gasteiger partial charge in [0.25, 0.3) is 0 Å². The van der Waals surface area contributed by atoms with E-state index in [4.69, 9.17) is 4.52 Å². The molecule has 1 fully saturated rings. The second-order valence-corrected chi connectivity index (χ2v) is 7.23. The SMILES string of the molecule is CC(C)c1nc(CCN(C)C(=O)Cn2nccc2C2CCCNC2)no1. The standard InChI is InChI=1S/C18H28N6O2/c1-13(2)18-21-16(22-26-18)7-10-23(3)17(25)12-24-15(6-9-20-24)14-5-4-8-19-11-14/h6,9,13-14,19H,4-5,7-8,10-12H2,1-3H3. The molecule has 1 unspecified atom stereocenters. The van der Waals surface area contributed by atoms with Gasteiger partial charge in [-0.2, -0.15) is 10.1 Å². The van der Waals surface area contributed by atoms with Crippen LogP contribution in [0, 0.1) is 0 Å². The number of nitrogens with zero attached hydrogens (tertiary/aromatic N) is 5. The highest BCUT2D eigenvalue weighted by atomic mass is 16.5. The first kappa shape index (κ1) is 18.6. The lowest BCUT2D eigenvalue weighted by atomic mass is 9.96. The molecule has 2 aromatic heterocycles. The van der Waals surface area contributed by atoms with Gasteiger partial charge in [0.1, 0.15) is 6.54 Å². The van der Waals surface area contributed by atoms with Crippen LogP contribution in [0.1, 0.15) is 55.9 Å². The van der Waals surface area contributed by atoms with Crippen molar-refractivity contribution in [2.75, 3.05) is 26.7 Å². The van der Waals surface area contributed by atoms with Crippen LogP contribution >= 0.6 is 0 Å². The van der Waals surface area contributed by atoms with Crippen LogP contribution in [0.2, 0.25) is 0 Å². The Morgan fingerprint density at radius 2 is 2.35 bits per heavy atom. The molecule has 1 aliphatic rings. The van der Waals surface area contributed by atoms with Crippen molar-refractivity contribution in [3.05, 3.63) is 29.7 Å². The van der Waals surface area contributed by atoms with Gasteiger partial charge in [-0.1, -0.05) is 19.0 Å². The molecule has 0 bridgehead atoms. The Bertz CT molecular complexity index is 717. The average Bonchev–Trinajstić information content (AvgIpc) is 3.29. The van der Waals surface area contributed by atoms with Crippen LogP contribution in [0.4, 0.5) is 0 Å². The monoisotopic (exact) mass is 360 g/mol. The van der Waals surface area contributed by atoms with Gasteiger partial charge in [0.15, 0.2) is 5.82 Å². The summed E-state index contributed by atoms with van der Waals surface area (Å²) in [5.74, 6) is 1.95. The maximum absolute atomic E-state index is 12.6. The fourth-order valence-corrected chi connectivity index (χ4v) is 3.17. The number of amides is 1. The summed E-state index contributed by atoms with van der Waals surface area (Å²) in [7, 11) is 1.80. The number of nitrogens with one attached hydrogen (secondary N) is 1. The molecule has 8 nitrogen and oxygen atoms in total. The van der Waals surface area contributed by atoms with E-state index in [0.717, 1.165) is 31.6 Å². The van der Waals surface area contributed by atoms with Crippen LogP contribution in [-0.2, 0) is 17.8 Å². The topological polar surface area (TPSA) is 89.1 Å². The fourth-order valence-electron chi connectivity index (χ4n) is 3.17. The average molecular weight is 360 g/mol. The molecular formula is C18H28N6O2. The van der Waals surface area contributed by atoms with E-state index >= 15 is 0 Å². The maximum atomic E-state index is 12.6. The van der Waals surface area contributed by atoms with Crippen molar-refractivity contribution in [2.24, 2.45) is 0 Å². The summed E-state index contributed by atoms with van der Waals surface area (Å²) in [6, 6.07) is 2.03. The summed E-state index contributed by atoms with van der Waals surface area (Å²) in [5, 5.41) is 11.7. The first-order valence-electron chi connectivity index (χ1n) is 9.33. The fraction of sp³-hybridized carbons (Fsp3) is 0.667. The normalized spacial score (nSPS) is 17.6. The van der Waals surface area contributed by atoms with E-state index in [1.807, 2.05) is 24.6 Å². The molecule has 1 atom stereocenters. The lowest BCUT2D eigenvalue weighted by Crippen LogP contribution is -2.34. The molecule has 1 amide bonds. The highest BCUT2D eigenvalue weighted by molar-refractivity contribution is 5.75. The summed E-state index contributed by atoms with van der Waals surface area (Å²) in [4.78, 5) is 18.6. The van der Waals surface area contributed by atoms with Crippen molar-refractivity contribution in [1.82, 2.24) is 30.1 Å². The van der Waals surface area contributed by atoms with Gasteiger partial charge in [0.05, 0.1) is 0 Å². The van der Waals surface area contributed by atoms with Crippen molar-refractivity contribution in [2.45, 2.75) is 51.5 Å². The van der Waals surface area contributed by atoms with Gasteiger partial charge in [0, 0.05) is 50.3 Å². The predicted molar refractivity (Wildman–Crippen MR) is 96.8 cm³/mol. The van der Waals surface area contributed by atoms with E-state index < -0.39 is 0 Å². The van der Waals surface area contributed by atoms with Gasteiger partial charge in [-0.15, -0.1) is 0 Å². The number of piperidine rings is 1. The number of hydrogen-bond acceptors (Lipinski definition) is 6. The molecule has 0 radical (unpaired) electrons. The van der Waals surface area contributed by atoms with Gasteiger partial charge < -0.3 is 14.7 Å². The maximum Gasteiger partial charge on any atom is 0.244 e. The van der Waals surface area contributed by atoms with Crippen LogP contribution in [0.25, 0.3) is 0 Å². The third-order valence-corrected chi connectivity index (χ3v) is 4.82. The summed E-state index contributed by atoms with van der Waals surface area (Å²) in [6.07, 6.45) is 4.66. The highest BCUT2D eigenvalue weighted by Gasteiger charge is 2.21. The van der Waals surface area contributed by atoms with Gasteiger partial charge >= 0.3 is 0 Å². The van der Waals surface area contributed by atoms with E-state index in [1.165, 1.54) is 0 Å². The van der Waals surface area contributed by atoms with Crippen LogP contribution in [0.15, 0.2) is 16.8 Å². The third-order valence-electron chi connectivity index (χ3n) is 4.82. The van der Waals surface area contributed by atoms with Crippen molar-refractivity contribution < 1.29 is 9.32 Å². The molecule has 0 saturated carbocycles. The Morgan fingerprint density at radius 1 is 1.50 bits per heavy atom. The Labute approximate surface area is 153 Å². The van der Waals surface area contributed by atoms with E-state index in [2.05, 4.69) is 20.6 Å². The van der Waals surface area contributed by atoms with E-state index in [-0.39, 0.29) is 18.4 Å². The molecule has 0 aliphatic carbocycles. The van der Waals surface area contributed by atoms with Crippen molar-refractivity contribution in [3.8, 4) is 0 Å². The molecule has 0 aromatic carbocycles. The number of rotatable bonds is 7. The molecule has 3 rings (SSSR count). The minimum atomic E-state index is 0.0336. The lowest BCUT2D eigenvalue weighted by molar-refractivity contribution is -0.130. The summed E-state index contributed by atoms with van der Waals surface area (Å²) in [5.41, 5.74) is 1.14. The minimum Gasteiger partial charge on any atom is -0.344 e.